The number of para-hydroxylation sites is 1. The van der Waals surface area contributed by atoms with Gasteiger partial charge in [-0.15, -0.1) is 0 Å². The fourth-order valence-corrected chi connectivity index (χ4v) is 1.62. The standard InChI is InChI=1S/C12H13N3OS/c1-9-7-11(13-12(16)8-17)15(14-9)10-5-3-2-4-6-10/h2-7,17H,8H2,1H3,(H,13,16). The number of rotatable bonds is 3. The number of carbonyl (C=O) groups excluding carboxylic acids is 1. The molecular formula is C12H13N3OS. The predicted octanol–water partition coefficient (Wildman–Crippen LogP) is 2.05. The van der Waals surface area contributed by atoms with E-state index in [9.17, 15) is 4.79 Å². The summed E-state index contributed by atoms with van der Waals surface area (Å²) in [4.78, 5) is 11.3. The summed E-state index contributed by atoms with van der Waals surface area (Å²) >= 11 is 3.93. The first-order valence-electron chi connectivity index (χ1n) is 5.23. The third kappa shape index (κ3) is 2.68. The van der Waals surface area contributed by atoms with Crippen LogP contribution in [0, 0.1) is 6.92 Å². The number of aryl methyl sites for hydroxylation is 1. The molecule has 0 aliphatic heterocycles. The third-order valence-corrected chi connectivity index (χ3v) is 2.53. The van der Waals surface area contributed by atoms with E-state index in [2.05, 4.69) is 23.0 Å². The van der Waals surface area contributed by atoms with Gasteiger partial charge < -0.3 is 5.32 Å². The molecule has 0 saturated carbocycles. The number of nitrogens with one attached hydrogen (secondary N) is 1. The van der Waals surface area contributed by atoms with Crippen LogP contribution in [0.5, 0.6) is 0 Å². The van der Waals surface area contributed by atoms with Gasteiger partial charge in [-0.3, -0.25) is 4.79 Å². The van der Waals surface area contributed by atoms with Gasteiger partial charge in [0.2, 0.25) is 5.91 Å². The number of nitrogens with zero attached hydrogens (tertiary/aromatic N) is 2. The van der Waals surface area contributed by atoms with Gasteiger partial charge in [0.1, 0.15) is 5.82 Å². The van der Waals surface area contributed by atoms with Gasteiger partial charge >= 0.3 is 0 Å². The van der Waals surface area contributed by atoms with Crippen LogP contribution in [0.4, 0.5) is 5.82 Å². The highest BCUT2D eigenvalue weighted by Gasteiger charge is 2.09. The monoisotopic (exact) mass is 247 g/mol. The molecular weight excluding hydrogens is 234 g/mol. The maximum absolute atomic E-state index is 11.3. The molecule has 0 unspecified atom stereocenters. The summed E-state index contributed by atoms with van der Waals surface area (Å²) in [6, 6.07) is 11.5. The number of thiol groups is 1. The fourth-order valence-electron chi connectivity index (χ4n) is 1.54. The van der Waals surface area contributed by atoms with Crippen molar-refractivity contribution in [3.05, 3.63) is 42.1 Å². The molecule has 4 nitrogen and oxygen atoms in total. The topological polar surface area (TPSA) is 46.9 Å². The van der Waals surface area contributed by atoms with E-state index < -0.39 is 0 Å². The smallest absolute Gasteiger partial charge is 0.235 e. The number of carbonyl (C=O) groups is 1. The first kappa shape index (κ1) is 11.7. The molecule has 17 heavy (non-hydrogen) atoms. The second kappa shape index (κ2) is 5.05. The van der Waals surface area contributed by atoms with Gasteiger partial charge in [-0.1, -0.05) is 18.2 Å². The Morgan fingerprint density at radius 1 is 1.41 bits per heavy atom. The molecule has 1 aromatic heterocycles. The van der Waals surface area contributed by atoms with Gasteiger partial charge in [0.15, 0.2) is 0 Å². The van der Waals surface area contributed by atoms with Gasteiger partial charge in [-0.25, -0.2) is 4.68 Å². The lowest BCUT2D eigenvalue weighted by Gasteiger charge is -2.07. The summed E-state index contributed by atoms with van der Waals surface area (Å²) in [5.41, 5.74) is 1.76. The molecule has 88 valence electrons. The number of amides is 1. The van der Waals surface area contributed by atoms with E-state index in [-0.39, 0.29) is 11.7 Å². The Labute approximate surface area is 105 Å². The average molecular weight is 247 g/mol. The van der Waals surface area contributed by atoms with Crippen LogP contribution in [0.1, 0.15) is 5.69 Å². The van der Waals surface area contributed by atoms with Gasteiger partial charge in [-0.05, 0) is 19.1 Å². The van der Waals surface area contributed by atoms with Crippen molar-refractivity contribution in [2.24, 2.45) is 0 Å². The Morgan fingerprint density at radius 2 is 2.12 bits per heavy atom. The van der Waals surface area contributed by atoms with E-state index in [0.29, 0.717) is 5.82 Å². The van der Waals surface area contributed by atoms with Crippen molar-refractivity contribution in [2.45, 2.75) is 6.92 Å². The summed E-state index contributed by atoms with van der Waals surface area (Å²) in [6.45, 7) is 1.88. The first-order chi connectivity index (χ1) is 8.20. The van der Waals surface area contributed by atoms with Gasteiger partial charge in [0.25, 0.3) is 0 Å². The van der Waals surface area contributed by atoms with Crippen LogP contribution in [-0.2, 0) is 4.79 Å². The molecule has 0 saturated heterocycles. The van der Waals surface area contributed by atoms with Crippen LogP contribution in [0.3, 0.4) is 0 Å². The Hall–Kier alpha value is -1.75. The summed E-state index contributed by atoms with van der Waals surface area (Å²) in [6.07, 6.45) is 0. The second-order valence-corrected chi connectivity index (χ2v) is 3.94. The summed E-state index contributed by atoms with van der Waals surface area (Å²) < 4.78 is 1.71. The molecule has 0 spiro atoms. The van der Waals surface area contributed by atoms with Crippen molar-refractivity contribution in [2.75, 3.05) is 11.1 Å². The van der Waals surface area contributed by atoms with E-state index in [0.717, 1.165) is 11.4 Å². The lowest BCUT2D eigenvalue weighted by atomic mass is 10.3. The highest BCUT2D eigenvalue weighted by Crippen LogP contribution is 2.16. The molecule has 2 aromatic rings. The van der Waals surface area contributed by atoms with Crippen molar-refractivity contribution in [3.8, 4) is 5.69 Å². The lowest BCUT2D eigenvalue weighted by Crippen LogP contribution is -2.15. The number of aromatic nitrogens is 2. The van der Waals surface area contributed by atoms with E-state index in [1.165, 1.54) is 0 Å². The summed E-state index contributed by atoms with van der Waals surface area (Å²) in [7, 11) is 0. The molecule has 1 aromatic carbocycles. The molecule has 0 atom stereocenters. The van der Waals surface area contributed by atoms with E-state index >= 15 is 0 Å². The molecule has 0 aliphatic rings. The molecule has 0 fully saturated rings. The third-order valence-electron chi connectivity index (χ3n) is 2.24. The highest BCUT2D eigenvalue weighted by molar-refractivity contribution is 7.81. The maximum atomic E-state index is 11.3. The zero-order chi connectivity index (χ0) is 12.3. The SMILES string of the molecule is Cc1cc(NC(=O)CS)n(-c2ccccc2)n1. The normalized spacial score (nSPS) is 10.2. The predicted molar refractivity (Wildman–Crippen MR) is 70.8 cm³/mol. The van der Waals surface area contributed by atoms with Crippen LogP contribution in [0.2, 0.25) is 0 Å². The number of anilines is 1. The van der Waals surface area contributed by atoms with E-state index in [1.54, 1.807) is 4.68 Å². The molecule has 0 bridgehead atoms. The minimum absolute atomic E-state index is 0.148. The van der Waals surface area contributed by atoms with Crippen molar-refractivity contribution >= 4 is 24.4 Å². The van der Waals surface area contributed by atoms with Crippen molar-refractivity contribution in [3.63, 3.8) is 0 Å². The van der Waals surface area contributed by atoms with Gasteiger partial charge in [0, 0.05) is 6.07 Å². The van der Waals surface area contributed by atoms with Crippen LogP contribution in [-0.4, -0.2) is 21.4 Å². The van der Waals surface area contributed by atoms with Gasteiger partial charge in [0.05, 0.1) is 17.1 Å². The zero-order valence-corrected chi connectivity index (χ0v) is 10.3. The van der Waals surface area contributed by atoms with Crippen LogP contribution in [0.15, 0.2) is 36.4 Å². The summed E-state index contributed by atoms with van der Waals surface area (Å²) in [5, 5.41) is 7.11. The van der Waals surface area contributed by atoms with Gasteiger partial charge in [-0.2, -0.15) is 17.7 Å². The van der Waals surface area contributed by atoms with Crippen LogP contribution in [0.25, 0.3) is 5.69 Å². The Morgan fingerprint density at radius 3 is 2.76 bits per heavy atom. The molecule has 1 heterocycles. The molecule has 2 rings (SSSR count). The first-order valence-corrected chi connectivity index (χ1v) is 5.87. The number of benzene rings is 1. The molecule has 1 N–H and O–H groups in total. The van der Waals surface area contributed by atoms with E-state index in [1.807, 2.05) is 43.3 Å². The molecule has 1 amide bonds. The maximum Gasteiger partial charge on any atom is 0.235 e. The van der Waals surface area contributed by atoms with Crippen LogP contribution < -0.4 is 5.32 Å². The average Bonchev–Trinajstić information content (AvgIpc) is 2.71. The lowest BCUT2D eigenvalue weighted by molar-refractivity contribution is -0.113. The van der Waals surface area contributed by atoms with Crippen molar-refractivity contribution in [1.29, 1.82) is 0 Å². The Balaban J connectivity index is 2.37. The Bertz CT molecular complexity index is 522. The van der Waals surface area contributed by atoms with E-state index in [4.69, 9.17) is 0 Å². The molecule has 5 heteroatoms. The van der Waals surface area contributed by atoms with Crippen molar-refractivity contribution < 1.29 is 4.79 Å². The Kier molecular flexibility index (Phi) is 3.49. The summed E-state index contributed by atoms with van der Waals surface area (Å²) in [5.74, 6) is 0.664. The minimum atomic E-state index is -0.148. The quantitative estimate of drug-likeness (QED) is 0.815. The largest absolute Gasteiger partial charge is 0.310 e. The molecule has 0 radical (unpaired) electrons. The van der Waals surface area contributed by atoms with Crippen molar-refractivity contribution in [1.82, 2.24) is 9.78 Å². The zero-order valence-electron chi connectivity index (χ0n) is 9.42. The number of hydrogen-bond donors (Lipinski definition) is 2. The second-order valence-electron chi connectivity index (χ2n) is 3.62. The minimum Gasteiger partial charge on any atom is -0.310 e. The molecule has 0 aliphatic carbocycles. The highest BCUT2D eigenvalue weighted by atomic mass is 32.1. The van der Waals surface area contributed by atoms with Crippen LogP contribution >= 0.6 is 12.6 Å². The number of hydrogen-bond acceptors (Lipinski definition) is 3. The fraction of sp³-hybridized carbons (Fsp3) is 0.167.